The van der Waals surface area contributed by atoms with E-state index < -0.39 is 16.0 Å². The van der Waals surface area contributed by atoms with Gasteiger partial charge in [-0.1, -0.05) is 11.6 Å². The Labute approximate surface area is 132 Å². The Balaban J connectivity index is 2.40. The van der Waals surface area contributed by atoms with E-state index in [1.54, 1.807) is 11.4 Å². The summed E-state index contributed by atoms with van der Waals surface area (Å²) in [4.78, 5) is 10.9. The number of rotatable bonds is 4. The molecule has 2 aromatic rings. The maximum Gasteiger partial charge on any atom is 0.335 e. The largest absolute Gasteiger partial charge is 0.478 e. The number of hydrogen-bond donors (Lipinski definition) is 2. The Morgan fingerprint density at radius 1 is 1.35 bits per heavy atom. The Morgan fingerprint density at radius 3 is 2.60 bits per heavy atom. The second-order valence-electron chi connectivity index (χ2n) is 3.70. The minimum atomic E-state index is -3.79. The van der Waals surface area contributed by atoms with E-state index in [1.807, 2.05) is 0 Å². The van der Waals surface area contributed by atoms with Gasteiger partial charge >= 0.3 is 5.97 Å². The first-order valence-electron chi connectivity index (χ1n) is 5.09. The first-order chi connectivity index (χ1) is 9.29. The molecule has 0 saturated carbocycles. The molecule has 0 radical (unpaired) electrons. The average Bonchev–Trinajstić information content (AvgIpc) is 2.74. The Bertz CT molecular complexity index is 772. The monoisotopic (exact) mass is 395 g/mol. The highest BCUT2D eigenvalue weighted by Crippen LogP contribution is 2.30. The predicted molar refractivity (Wildman–Crippen MR) is 81.2 cm³/mol. The number of sulfonamides is 1. The van der Waals surface area contributed by atoms with E-state index in [1.165, 1.54) is 18.2 Å². The summed E-state index contributed by atoms with van der Waals surface area (Å²) in [5.41, 5.74) is -0.00403. The van der Waals surface area contributed by atoms with Gasteiger partial charge in [0.25, 0.3) is 10.0 Å². The summed E-state index contributed by atoms with van der Waals surface area (Å²) in [6, 6.07) is 5.39. The molecule has 2 N–H and O–H groups in total. The molecule has 1 aromatic carbocycles. The Hall–Kier alpha value is -1.09. The normalized spacial score (nSPS) is 11.3. The molecule has 0 saturated heterocycles. The zero-order valence-corrected chi connectivity index (χ0v) is 13.6. The van der Waals surface area contributed by atoms with E-state index in [-0.39, 0.29) is 20.5 Å². The van der Waals surface area contributed by atoms with E-state index in [0.717, 1.165) is 11.3 Å². The van der Waals surface area contributed by atoms with E-state index in [2.05, 4.69) is 20.7 Å². The molecule has 106 valence electrons. The molecule has 0 fully saturated rings. The van der Waals surface area contributed by atoms with Crippen LogP contribution in [0.3, 0.4) is 0 Å². The molecule has 1 aromatic heterocycles. The first kappa shape index (κ1) is 15.3. The highest BCUT2D eigenvalue weighted by Gasteiger charge is 2.20. The maximum atomic E-state index is 12.2. The van der Waals surface area contributed by atoms with Crippen LogP contribution in [0, 0.1) is 0 Å². The lowest BCUT2D eigenvalue weighted by molar-refractivity contribution is 0.0697. The second-order valence-corrected chi connectivity index (χ2v) is 7.78. The summed E-state index contributed by atoms with van der Waals surface area (Å²) >= 11 is 9.96. The number of hydrogen-bond acceptors (Lipinski definition) is 4. The number of thiophene rings is 1. The quantitative estimate of drug-likeness (QED) is 0.826. The fourth-order valence-electron chi connectivity index (χ4n) is 1.45. The van der Waals surface area contributed by atoms with Crippen molar-refractivity contribution in [3.63, 3.8) is 0 Å². The highest BCUT2D eigenvalue weighted by atomic mass is 79.9. The minimum Gasteiger partial charge on any atom is -0.478 e. The first-order valence-corrected chi connectivity index (χ1v) is 8.62. The molecular weight excluding hydrogens is 390 g/mol. The molecule has 1 heterocycles. The van der Waals surface area contributed by atoms with Crippen molar-refractivity contribution in [2.24, 2.45) is 0 Å². The van der Waals surface area contributed by atoms with Crippen LogP contribution in [0.1, 0.15) is 10.4 Å². The van der Waals surface area contributed by atoms with Crippen LogP contribution in [-0.2, 0) is 10.0 Å². The van der Waals surface area contributed by atoms with Gasteiger partial charge in [-0.15, -0.1) is 11.3 Å². The zero-order chi connectivity index (χ0) is 14.9. The topological polar surface area (TPSA) is 83.5 Å². The van der Waals surface area contributed by atoms with Crippen LogP contribution in [0.2, 0.25) is 5.02 Å². The summed E-state index contributed by atoms with van der Waals surface area (Å²) < 4.78 is 27.2. The van der Waals surface area contributed by atoms with E-state index in [9.17, 15) is 13.2 Å². The lowest BCUT2D eigenvalue weighted by Crippen LogP contribution is -2.12. The van der Waals surface area contributed by atoms with Crippen molar-refractivity contribution in [1.29, 1.82) is 0 Å². The van der Waals surface area contributed by atoms with Crippen molar-refractivity contribution in [1.82, 2.24) is 0 Å². The number of nitrogens with one attached hydrogen (secondary N) is 1. The SMILES string of the molecule is O=C(O)c1cc(Cl)cc(NS(=O)(=O)c2sccc2Br)c1. The van der Waals surface area contributed by atoms with E-state index in [0.29, 0.717) is 4.47 Å². The molecular formula is C11H7BrClNO4S2. The van der Waals surface area contributed by atoms with Gasteiger partial charge in [-0.25, -0.2) is 13.2 Å². The third-order valence-corrected chi connectivity index (χ3v) is 6.49. The van der Waals surface area contributed by atoms with Gasteiger partial charge in [0.2, 0.25) is 0 Å². The standard InChI is InChI=1S/C11H7BrClNO4S2/c12-9-1-2-19-11(9)20(17,18)14-8-4-6(10(15)16)3-7(13)5-8/h1-5,14H,(H,15,16). The predicted octanol–water partition coefficient (Wildman–Crippen LogP) is 3.66. The number of carboxylic acid groups (broad SMARTS) is 1. The fraction of sp³-hybridized carbons (Fsp3) is 0. The van der Waals surface area contributed by atoms with Gasteiger partial charge in [0, 0.05) is 9.50 Å². The molecule has 0 bridgehead atoms. The van der Waals surface area contributed by atoms with Gasteiger partial charge in [0.05, 0.1) is 11.3 Å². The molecule has 9 heteroatoms. The summed E-state index contributed by atoms with van der Waals surface area (Å²) in [6.07, 6.45) is 0. The number of halogens is 2. The molecule has 0 aliphatic carbocycles. The van der Waals surface area contributed by atoms with Crippen LogP contribution in [-0.4, -0.2) is 19.5 Å². The summed E-state index contributed by atoms with van der Waals surface area (Å²) in [7, 11) is -3.79. The van der Waals surface area contributed by atoms with Crippen LogP contribution >= 0.6 is 38.9 Å². The second kappa shape index (κ2) is 5.72. The summed E-state index contributed by atoms with van der Waals surface area (Å²) in [5, 5.41) is 10.7. The number of aromatic carboxylic acids is 1. The smallest absolute Gasteiger partial charge is 0.335 e. The van der Waals surface area contributed by atoms with Crippen molar-refractivity contribution >= 4 is 60.5 Å². The van der Waals surface area contributed by atoms with E-state index >= 15 is 0 Å². The third-order valence-electron chi connectivity index (χ3n) is 2.23. The summed E-state index contributed by atoms with van der Waals surface area (Å²) in [6.45, 7) is 0. The molecule has 0 amide bonds. The molecule has 0 aliphatic rings. The summed E-state index contributed by atoms with van der Waals surface area (Å²) in [5.74, 6) is -1.19. The van der Waals surface area contributed by atoms with Gasteiger partial charge in [-0.2, -0.15) is 0 Å². The van der Waals surface area contributed by atoms with Crippen LogP contribution in [0.15, 0.2) is 38.3 Å². The number of carbonyl (C=O) groups is 1. The highest BCUT2D eigenvalue weighted by molar-refractivity contribution is 9.10. The zero-order valence-electron chi connectivity index (χ0n) is 9.63. The maximum absolute atomic E-state index is 12.2. The third kappa shape index (κ3) is 3.32. The average molecular weight is 397 g/mol. The van der Waals surface area contributed by atoms with Gasteiger partial charge in [-0.05, 0) is 45.6 Å². The Kier molecular flexibility index (Phi) is 4.38. The van der Waals surface area contributed by atoms with E-state index in [4.69, 9.17) is 16.7 Å². The lowest BCUT2D eigenvalue weighted by atomic mass is 10.2. The van der Waals surface area contributed by atoms with Crippen molar-refractivity contribution in [3.8, 4) is 0 Å². The number of benzene rings is 1. The van der Waals surface area contributed by atoms with Gasteiger partial charge in [0.15, 0.2) is 4.21 Å². The number of anilines is 1. The fourth-order valence-corrected chi connectivity index (χ4v) is 5.06. The molecule has 5 nitrogen and oxygen atoms in total. The minimum absolute atomic E-state index is 0.0928. The van der Waals surface area contributed by atoms with Crippen molar-refractivity contribution < 1.29 is 18.3 Å². The molecule has 0 aliphatic heterocycles. The molecule has 2 rings (SSSR count). The Morgan fingerprint density at radius 2 is 2.05 bits per heavy atom. The van der Waals surface area contributed by atoms with Crippen molar-refractivity contribution in [2.45, 2.75) is 4.21 Å². The van der Waals surface area contributed by atoms with Gasteiger partial charge < -0.3 is 5.11 Å². The molecule has 0 atom stereocenters. The van der Waals surface area contributed by atoms with Crippen molar-refractivity contribution in [2.75, 3.05) is 4.72 Å². The molecule has 0 unspecified atom stereocenters. The lowest BCUT2D eigenvalue weighted by Gasteiger charge is -2.08. The molecule has 0 spiro atoms. The number of carboxylic acids is 1. The molecule has 20 heavy (non-hydrogen) atoms. The van der Waals surface area contributed by atoms with Crippen LogP contribution in [0.5, 0.6) is 0 Å². The van der Waals surface area contributed by atoms with Crippen LogP contribution in [0.4, 0.5) is 5.69 Å². The van der Waals surface area contributed by atoms with Crippen LogP contribution < -0.4 is 4.72 Å². The van der Waals surface area contributed by atoms with Crippen LogP contribution in [0.25, 0.3) is 0 Å². The van der Waals surface area contributed by atoms with Gasteiger partial charge in [-0.3, -0.25) is 4.72 Å². The van der Waals surface area contributed by atoms with Gasteiger partial charge in [0.1, 0.15) is 0 Å². The van der Waals surface area contributed by atoms with Crippen molar-refractivity contribution in [3.05, 3.63) is 44.7 Å².